The summed E-state index contributed by atoms with van der Waals surface area (Å²) in [7, 11) is 0. The Morgan fingerprint density at radius 3 is 2.26 bits per heavy atom. The van der Waals surface area contributed by atoms with E-state index in [1.165, 1.54) is 12.1 Å². The lowest BCUT2D eigenvalue weighted by Gasteiger charge is -2.26. The molecule has 0 heterocycles. The van der Waals surface area contributed by atoms with Crippen molar-refractivity contribution in [1.29, 1.82) is 0 Å². The largest absolute Gasteiger partial charge is 0.418 e. The molecule has 1 aliphatic carbocycles. The first-order valence-corrected chi connectivity index (χ1v) is 7.55. The molecule has 1 aliphatic rings. The van der Waals surface area contributed by atoms with Crippen LogP contribution in [0.15, 0.2) is 24.3 Å². The molecule has 1 saturated carbocycles. The number of carbonyl (C=O) groups is 2. The molecule has 0 radical (unpaired) electrons. The third-order valence-electron chi connectivity index (χ3n) is 4.04. The standard InChI is InChI=1S/C16H19F3N2O2/c1-10-6-8-11(9-7-10)20-14(22)15(23)21-13-5-3-2-4-12(13)16(17,18)19/h2-5,10-11H,6-9H2,1H3,(H,20,22)(H,21,23). The van der Waals surface area contributed by atoms with Gasteiger partial charge in [0.2, 0.25) is 0 Å². The van der Waals surface area contributed by atoms with Crippen molar-refractivity contribution in [2.45, 2.75) is 44.8 Å². The molecule has 0 bridgehead atoms. The minimum atomic E-state index is -4.60. The van der Waals surface area contributed by atoms with Gasteiger partial charge in [-0.3, -0.25) is 9.59 Å². The number of amides is 2. The van der Waals surface area contributed by atoms with E-state index < -0.39 is 29.2 Å². The summed E-state index contributed by atoms with van der Waals surface area (Å²) in [5.74, 6) is -1.39. The Hall–Kier alpha value is -2.05. The summed E-state index contributed by atoms with van der Waals surface area (Å²) in [5.41, 5.74) is -1.40. The minimum Gasteiger partial charge on any atom is -0.345 e. The second kappa shape index (κ2) is 7.02. The monoisotopic (exact) mass is 328 g/mol. The Balaban J connectivity index is 1.98. The SMILES string of the molecule is CC1CCC(NC(=O)C(=O)Nc2ccccc2C(F)(F)F)CC1. The van der Waals surface area contributed by atoms with Crippen LogP contribution in [0, 0.1) is 5.92 Å². The number of carbonyl (C=O) groups excluding carboxylic acids is 2. The van der Waals surface area contributed by atoms with Crippen molar-refractivity contribution in [3.8, 4) is 0 Å². The second-order valence-corrected chi connectivity index (χ2v) is 5.93. The lowest BCUT2D eigenvalue weighted by atomic mass is 9.87. The quantitative estimate of drug-likeness (QED) is 0.818. The van der Waals surface area contributed by atoms with Gasteiger partial charge in [0.1, 0.15) is 0 Å². The van der Waals surface area contributed by atoms with E-state index in [9.17, 15) is 22.8 Å². The Labute approximate surface area is 132 Å². The van der Waals surface area contributed by atoms with Crippen molar-refractivity contribution in [2.75, 3.05) is 5.32 Å². The van der Waals surface area contributed by atoms with Gasteiger partial charge < -0.3 is 10.6 Å². The first kappa shape index (κ1) is 17.3. The number of nitrogens with one attached hydrogen (secondary N) is 2. The molecule has 1 aromatic rings. The average molecular weight is 328 g/mol. The van der Waals surface area contributed by atoms with Crippen LogP contribution in [0.4, 0.5) is 18.9 Å². The summed E-state index contributed by atoms with van der Waals surface area (Å²) in [6, 6.07) is 4.47. The fraction of sp³-hybridized carbons (Fsp3) is 0.500. The lowest BCUT2D eigenvalue weighted by Crippen LogP contribution is -2.43. The molecule has 126 valence electrons. The van der Waals surface area contributed by atoms with Crippen molar-refractivity contribution in [3.63, 3.8) is 0 Å². The molecule has 4 nitrogen and oxygen atoms in total. The van der Waals surface area contributed by atoms with Gasteiger partial charge in [0.25, 0.3) is 0 Å². The summed E-state index contributed by atoms with van der Waals surface area (Å²) < 4.78 is 38.6. The molecule has 23 heavy (non-hydrogen) atoms. The topological polar surface area (TPSA) is 58.2 Å². The van der Waals surface area contributed by atoms with E-state index in [1.54, 1.807) is 0 Å². The second-order valence-electron chi connectivity index (χ2n) is 5.93. The van der Waals surface area contributed by atoms with Gasteiger partial charge in [-0.15, -0.1) is 0 Å². The third kappa shape index (κ3) is 4.71. The van der Waals surface area contributed by atoms with E-state index in [-0.39, 0.29) is 6.04 Å². The highest BCUT2D eigenvalue weighted by atomic mass is 19.4. The van der Waals surface area contributed by atoms with Gasteiger partial charge in [0.15, 0.2) is 0 Å². The van der Waals surface area contributed by atoms with Crippen molar-refractivity contribution in [1.82, 2.24) is 5.32 Å². The Morgan fingerprint density at radius 1 is 1.04 bits per heavy atom. The van der Waals surface area contributed by atoms with Gasteiger partial charge in [-0.2, -0.15) is 13.2 Å². The molecule has 1 aromatic carbocycles. The number of hydrogen-bond acceptors (Lipinski definition) is 2. The Morgan fingerprint density at radius 2 is 1.65 bits per heavy atom. The number of anilines is 1. The Kier molecular flexibility index (Phi) is 5.28. The van der Waals surface area contributed by atoms with Crippen LogP contribution >= 0.6 is 0 Å². The van der Waals surface area contributed by atoms with Gasteiger partial charge in [0, 0.05) is 6.04 Å². The van der Waals surface area contributed by atoms with Crippen LogP contribution in [0.3, 0.4) is 0 Å². The van der Waals surface area contributed by atoms with Crippen molar-refractivity contribution >= 4 is 17.5 Å². The third-order valence-corrected chi connectivity index (χ3v) is 4.04. The summed E-state index contributed by atoms with van der Waals surface area (Å²) >= 11 is 0. The zero-order valence-corrected chi connectivity index (χ0v) is 12.7. The van der Waals surface area contributed by atoms with Crippen LogP contribution in [0.25, 0.3) is 0 Å². The number of rotatable bonds is 2. The van der Waals surface area contributed by atoms with Crippen molar-refractivity contribution < 1.29 is 22.8 Å². The molecule has 2 amide bonds. The summed E-state index contributed by atoms with van der Waals surface area (Å²) in [6.07, 6.45) is -1.12. The molecule has 2 rings (SSSR count). The van der Waals surface area contributed by atoms with Gasteiger partial charge in [-0.1, -0.05) is 19.1 Å². The predicted molar refractivity (Wildman–Crippen MR) is 79.6 cm³/mol. The summed E-state index contributed by atoms with van der Waals surface area (Å²) in [6.45, 7) is 2.12. The van der Waals surface area contributed by atoms with Crippen LogP contribution in [0.1, 0.15) is 38.2 Å². The molecule has 7 heteroatoms. The fourth-order valence-electron chi connectivity index (χ4n) is 2.67. The van der Waals surface area contributed by atoms with Gasteiger partial charge in [-0.05, 0) is 43.7 Å². The number of alkyl halides is 3. The van der Waals surface area contributed by atoms with Gasteiger partial charge >= 0.3 is 18.0 Å². The lowest BCUT2D eigenvalue weighted by molar-refractivity contribution is -0.138. The molecule has 0 spiro atoms. The van der Waals surface area contributed by atoms with Gasteiger partial charge in [0.05, 0.1) is 11.3 Å². The van der Waals surface area contributed by atoms with Crippen LogP contribution in [0.5, 0.6) is 0 Å². The van der Waals surface area contributed by atoms with E-state index in [4.69, 9.17) is 0 Å². The van der Waals surface area contributed by atoms with Crippen LogP contribution in [-0.2, 0) is 15.8 Å². The zero-order chi connectivity index (χ0) is 17.0. The van der Waals surface area contributed by atoms with Crippen LogP contribution < -0.4 is 10.6 Å². The summed E-state index contributed by atoms with van der Waals surface area (Å²) in [5, 5.41) is 4.63. The van der Waals surface area contributed by atoms with E-state index in [1.807, 2.05) is 5.32 Å². The van der Waals surface area contributed by atoms with E-state index >= 15 is 0 Å². The predicted octanol–water partition coefficient (Wildman–Crippen LogP) is 3.34. The molecule has 0 atom stereocenters. The van der Waals surface area contributed by atoms with E-state index in [0.717, 1.165) is 37.8 Å². The highest BCUT2D eigenvalue weighted by Gasteiger charge is 2.34. The van der Waals surface area contributed by atoms with Crippen molar-refractivity contribution in [3.05, 3.63) is 29.8 Å². The maximum Gasteiger partial charge on any atom is 0.418 e. The van der Waals surface area contributed by atoms with Crippen LogP contribution in [0.2, 0.25) is 0 Å². The maximum absolute atomic E-state index is 12.9. The number of benzene rings is 1. The highest BCUT2D eigenvalue weighted by molar-refractivity contribution is 6.39. The first-order chi connectivity index (χ1) is 10.8. The Bertz CT molecular complexity index is 579. The normalized spacial score (nSPS) is 21.6. The average Bonchev–Trinajstić information content (AvgIpc) is 2.49. The smallest absolute Gasteiger partial charge is 0.345 e. The molecular formula is C16H19F3N2O2. The highest BCUT2D eigenvalue weighted by Crippen LogP contribution is 2.34. The minimum absolute atomic E-state index is 0.0951. The number of para-hydroxylation sites is 1. The molecule has 0 aromatic heterocycles. The zero-order valence-electron chi connectivity index (χ0n) is 12.7. The number of halogens is 3. The van der Waals surface area contributed by atoms with Crippen LogP contribution in [-0.4, -0.2) is 17.9 Å². The molecule has 1 fully saturated rings. The van der Waals surface area contributed by atoms with E-state index in [2.05, 4.69) is 12.2 Å². The fourth-order valence-corrected chi connectivity index (χ4v) is 2.67. The van der Waals surface area contributed by atoms with Gasteiger partial charge in [-0.25, -0.2) is 0 Å². The summed E-state index contributed by atoms with van der Waals surface area (Å²) in [4.78, 5) is 23.7. The molecule has 0 saturated heterocycles. The van der Waals surface area contributed by atoms with E-state index in [0.29, 0.717) is 5.92 Å². The molecular weight excluding hydrogens is 309 g/mol. The maximum atomic E-state index is 12.9. The molecule has 0 unspecified atom stereocenters. The number of hydrogen-bond donors (Lipinski definition) is 2. The van der Waals surface area contributed by atoms with Crippen molar-refractivity contribution in [2.24, 2.45) is 5.92 Å². The molecule has 2 N–H and O–H groups in total. The molecule has 0 aliphatic heterocycles. The first-order valence-electron chi connectivity index (χ1n) is 7.55.